The Morgan fingerprint density at radius 2 is 2.50 bits per heavy atom. The van der Waals surface area contributed by atoms with Crippen LogP contribution in [0.3, 0.4) is 0 Å². The number of aliphatic hydroxyl groups excluding tert-OH is 1. The van der Waals surface area contributed by atoms with Crippen LogP contribution >= 0.6 is 27.3 Å². The van der Waals surface area contributed by atoms with Gasteiger partial charge in [0, 0.05) is 21.8 Å². The Morgan fingerprint density at radius 1 is 1.64 bits per heavy atom. The average molecular weight is 276 g/mol. The summed E-state index contributed by atoms with van der Waals surface area (Å²) in [5.41, 5.74) is 0. The van der Waals surface area contributed by atoms with Gasteiger partial charge < -0.3 is 10.4 Å². The first kappa shape index (κ1) is 10.6. The lowest BCUT2D eigenvalue weighted by molar-refractivity contribution is 0.0947. The molecule has 1 fully saturated rings. The van der Waals surface area contributed by atoms with Gasteiger partial charge in [-0.1, -0.05) is 0 Å². The van der Waals surface area contributed by atoms with Crippen LogP contribution in [0.4, 0.5) is 0 Å². The Balaban J connectivity index is 2.07. The van der Waals surface area contributed by atoms with E-state index in [1.807, 2.05) is 11.4 Å². The Hall–Kier alpha value is 0.1000. The minimum Gasteiger partial charge on any atom is -0.387 e. The number of hydrogen-bond donors (Lipinski definition) is 2. The molecule has 0 amide bonds. The van der Waals surface area contributed by atoms with Crippen LogP contribution in [0.1, 0.15) is 23.8 Å². The predicted octanol–water partition coefficient (Wildman–Crippen LogP) is 2.54. The van der Waals surface area contributed by atoms with E-state index in [4.69, 9.17) is 0 Å². The summed E-state index contributed by atoms with van der Waals surface area (Å²) in [6.45, 7) is 2.03. The van der Waals surface area contributed by atoms with E-state index >= 15 is 0 Å². The summed E-state index contributed by atoms with van der Waals surface area (Å²) in [6.07, 6.45) is 1.99. The second-order valence-electron chi connectivity index (χ2n) is 3.68. The predicted molar refractivity (Wildman–Crippen MR) is 62.6 cm³/mol. The summed E-state index contributed by atoms with van der Waals surface area (Å²) in [6, 6.07) is 2.00. The minimum atomic E-state index is -0.308. The molecule has 0 saturated carbocycles. The fourth-order valence-corrected chi connectivity index (χ4v) is 3.56. The number of thiophene rings is 1. The highest BCUT2D eigenvalue weighted by Gasteiger charge is 2.25. The third-order valence-corrected chi connectivity index (χ3v) is 4.64. The standard InChI is InChI=1S/C10H14BrNOS/c11-8-3-5-14-10(8)9(13)7-2-1-4-12-6-7/h3,5,7,9,12-13H,1-2,4,6H2. The van der Waals surface area contributed by atoms with Crippen LogP contribution in [0.15, 0.2) is 15.9 Å². The highest BCUT2D eigenvalue weighted by molar-refractivity contribution is 9.10. The number of nitrogens with one attached hydrogen (secondary N) is 1. The van der Waals surface area contributed by atoms with Gasteiger partial charge in [-0.15, -0.1) is 11.3 Å². The van der Waals surface area contributed by atoms with Gasteiger partial charge in [-0.05, 0) is 46.8 Å². The average Bonchev–Trinajstić information content (AvgIpc) is 2.65. The van der Waals surface area contributed by atoms with Gasteiger partial charge >= 0.3 is 0 Å². The van der Waals surface area contributed by atoms with Gasteiger partial charge in [0.15, 0.2) is 0 Å². The molecule has 1 aliphatic rings. The number of piperidine rings is 1. The third kappa shape index (κ3) is 2.19. The fourth-order valence-electron chi connectivity index (χ4n) is 1.88. The molecule has 0 aromatic carbocycles. The number of rotatable bonds is 2. The van der Waals surface area contributed by atoms with Gasteiger partial charge in [0.25, 0.3) is 0 Å². The zero-order valence-corrected chi connectivity index (χ0v) is 10.3. The van der Waals surface area contributed by atoms with E-state index in [0.29, 0.717) is 5.92 Å². The van der Waals surface area contributed by atoms with Crippen molar-refractivity contribution in [1.82, 2.24) is 5.32 Å². The molecule has 2 atom stereocenters. The van der Waals surface area contributed by atoms with E-state index in [1.165, 1.54) is 6.42 Å². The summed E-state index contributed by atoms with van der Waals surface area (Å²) in [7, 11) is 0. The van der Waals surface area contributed by atoms with Crippen LogP contribution in [0.5, 0.6) is 0 Å². The van der Waals surface area contributed by atoms with E-state index in [0.717, 1.165) is 28.9 Å². The van der Waals surface area contributed by atoms with Crippen molar-refractivity contribution in [2.75, 3.05) is 13.1 Å². The first-order valence-corrected chi connectivity index (χ1v) is 6.58. The largest absolute Gasteiger partial charge is 0.387 e. The second-order valence-corrected chi connectivity index (χ2v) is 5.49. The van der Waals surface area contributed by atoms with Crippen molar-refractivity contribution in [3.63, 3.8) is 0 Å². The molecule has 2 unspecified atom stereocenters. The van der Waals surface area contributed by atoms with Crippen LogP contribution in [-0.4, -0.2) is 18.2 Å². The molecular weight excluding hydrogens is 262 g/mol. The lowest BCUT2D eigenvalue weighted by Crippen LogP contribution is -2.33. The highest BCUT2D eigenvalue weighted by Crippen LogP contribution is 2.35. The van der Waals surface area contributed by atoms with E-state index < -0.39 is 0 Å². The first-order chi connectivity index (χ1) is 6.79. The molecule has 1 saturated heterocycles. The minimum absolute atomic E-state index is 0.308. The lowest BCUT2D eigenvalue weighted by Gasteiger charge is -2.26. The van der Waals surface area contributed by atoms with Crippen LogP contribution in [0.25, 0.3) is 0 Å². The van der Waals surface area contributed by atoms with Crippen LogP contribution in [0, 0.1) is 5.92 Å². The first-order valence-electron chi connectivity index (χ1n) is 4.90. The maximum atomic E-state index is 10.2. The van der Waals surface area contributed by atoms with Gasteiger partial charge in [0.05, 0.1) is 6.10 Å². The van der Waals surface area contributed by atoms with Crippen LogP contribution in [-0.2, 0) is 0 Å². The van der Waals surface area contributed by atoms with Gasteiger partial charge in [-0.3, -0.25) is 0 Å². The molecule has 4 heteroatoms. The normalized spacial score (nSPS) is 24.9. The maximum Gasteiger partial charge on any atom is 0.0933 e. The molecule has 0 bridgehead atoms. The molecule has 0 aliphatic carbocycles. The van der Waals surface area contributed by atoms with Crippen molar-refractivity contribution in [3.8, 4) is 0 Å². The van der Waals surface area contributed by atoms with Gasteiger partial charge in [0.2, 0.25) is 0 Å². The molecule has 2 N–H and O–H groups in total. The van der Waals surface area contributed by atoms with Crippen molar-refractivity contribution < 1.29 is 5.11 Å². The fraction of sp³-hybridized carbons (Fsp3) is 0.600. The molecule has 1 aromatic heterocycles. The molecule has 14 heavy (non-hydrogen) atoms. The van der Waals surface area contributed by atoms with Crippen LogP contribution in [0.2, 0.25) is 0 Å². The summed E-state index contributed by atoms with van der Waals surface area (Å²) < 4.78 is 1.04. The van der Waals surface area contributed by atoms with E-state index in [2.05, 4.69) is 21.2 Å². The van der Waals surface area contributed by atoms with Crippen molar-refractivity contribution in [2.24, 2.45) is 5.92 Å². The zero-order valence-electron chi connectivity index (χ0n) is 7.87. The second kappa shape index (κ2) is 4.75. The lowest BCUT2D eigenvalue weighted by atomic mass is 9.93. The van der Waals surface area contributed by atoms with Crippen molar-refractivity contribution >= 4 is 27.3 Å². The zero-order chi connectivity index (χ0) is 9.97. The number of halogens is 1. The van der Waals surface area contributed by atoms with Gasteiger partial charge in [-0.2, -0.15) is 0 Å². The Bertz CT molecular complexity index is 296. The molecule has 2 heterocycles. The van der Waals surface area contributed by atoms with Gasteiger partial charge in [0.1, 0.15) is 0 Å². The number of aliphatic hydroxyl groups is 1. The third-order valence-electron chi connectivity index (χ3n) is 2.69. The molecule has 0 spiro atoms. The molecule has 78 valence electrons. The van der Waals surface area contributed by atoms with Crippen molar-refractivity contribution in [2.45, 2.75) is 18.9 Å². The molecule has 0 radical (unpaired) electrons. The van der Waals surface area contributed by atoms with E-state index in [-0.39, 0.29) is 6.10 Å². The van der Waals surface area contributed by atoms with Crippen LogP contribution < -0.4 is 5.32 Å². The molecule has 1 aromatic rings. The van der Waals surface area contributed by atoms with E-state index in [9.17, 15) is 5.11 Å². The Kier molecular flexibility index (Phi) is 3.60. The van der Waals surface area contributed by atoms with Crippen molar-refractivity contribution in [3.05, 3.63) is 20.8 Å². The highest BCUT2D eigenvalue weighted by atomic mass is 79.9. The quantitative estimate of drug-likeness (QED) is 0.870. The topological polar surface area (TPSA) is 32.3 Å². The molecule has 2 nitrogen and oxygen atoms in total. The smallest absolute Gasteiger partial charge is 0.0933 e. The molecule has 2 rings (SSSR count). The van der Waals surface area contributed by atoms with E-state index in [1.54, 1.807) is 11.3 Å². The Morgan fingerprint density at radius 3 is 3.07 bits per heavy atom. The summed E-state index contributed by atoms with van der Waals surface area (Å²) in [5, 5.41) is 15.5. The van der Waals surface area contributed by atoms with Crippen molar-refractivity contribution in [1.29, 1.82) is 0 Å². The summed E-state index contributed by atoms with van der Waals surface area (Å²) in [4.78, 5) is 1.07. The summed E-state index contributed by atoms with van der Waals surface area (Å²) in [5.74, 6) is 0.374. The SMILES string of the molecule is OC(c1sccc1Br)C1CCCNC1. The molecule has 1 aliphatic heterocycles. The van der Waals surface area contributed by atoms with Gasteiger partial charge in [-0.25, -0.2) is 0 Å². The maximum absolute atomic E-state index is 10.2. The Labute approximate surface area is 96.5 Å². The monoisotopic (exact) mass is 275 g/mol. The molecular formula is C10H14BrNOS. The summed E-state index contributed by atoms with van der Waals surface area (Å²) >= 11 is 5.09. The number of hydrogen-bond acceptors (Lipinski definition) is 3.